The van der Waals surface area contributed by atoms with Gasteiger partial charge in [-0.2, -0.15) is 0 Å². The third-order valence-electron chi connectivity index (χ3n) is 3.75. The highest BCUT2D eigenvalue weighted by molar-refractivity contribution is 7.89. The highest BCUT2D eigenvalue weighted by Gasteiger charge is 2.21. The fraction of sp³-hybridized carbons (Fsp3) is 0.222. The van der Waals surface area contributed by atoms with Gasteiger partial charge in [0.1, 0.15) is 11.6 Å². The molecular formula is C18H18F2N2O5S. The van der Waals surface area contributed by atoms with E-state index >= 15 is 0 Å². The van der Waals surface area contributed by atoms with Crippen LogP contribution in [0.15, 0.2) is 41.3 Å². The third-order valence-corrected chi connectivity index (χ3v) is 5.56. The Bertz CT molecular complexity index is 1020. The quantitative estimate of drug-likeness (QED) is 0.735. The number of hydrogen-bond acceptors (Lipinski definition) is 5. The molecule has 150 valence electrons. The summed E-state index contributed by atoms with van der Waals surface area (Å²) in [6.07, 6.45) is 0. The zero-order chi connectivity index (χ0) is 21.1. The molecular weight excluding hydrogens is 394 g/mol. The highest BCUT2D eigenvalue weighted by atomic mass is 32.2. The van der Waals surface area contributed by atoms with Crippen LogP contribution in [0.1, 0.15) is 15.9 Å². The standard InChI is InChI=1S/C18H18F2N2O5S/c1-11-4-6-13(28(25,26)22(2)3)9-14(11)18(24)27-10-17(23)21-16-7-5-12(19)8-15(16)20/h4-9H,10H2,1-3H3,(H,21,23). The van der Waals surface area contributed by atoms with E-state index in [1.165, 1.54) is 26.2 Å². The second kappa shape index (κ2) is 8.44. The molecule has 0 aliphatic rings. The number of sulfonamides is 1. The van der Waals surface area contributed by atoms with Gasteiger partial charge < -0.3 is 10.1 Å². The van der Waals surface area contributed by atoms with E-state index in [1.807, 2.05) is 0 Å². The molecule has 7 nitrogen and oxygen atoms in total. The van der Waals surface area contributed by atoms with Crippen LogP contribution < -0.4 is 5.32 Å². The van der Waals surface area contributed by atoms with Crippen LogP contribution in [0, 0.1) is 18.6 Å². The summed E-state index contributed by atoms with van der Waals surface area (Å²) >= 11 is 0. The molecule has 28 heavy (non-hydrogen) atoms. The Kier molecular flexibility index (Phi) is 6.47. The number of hydrogen-bond donors (Lipinski definition) is 1. The molecule has 0 radical (unpaired) electrons. The van der Waals surface area contributed by atoms with Gasteiger partial charge in [0, 0.05) is 20.2 Å². The summed E-state index contributed by atoms with van der Waals surface area (Å²) < 4.78 is 56.6. The zero-order valence-electron chi connectivity index (χ0n) is 15.3. The van der Waals surface area contributed by atoms with Gasteiger partial charge in [-0.15, -0.1) is 0 Å². The summed E-state index contributed by atoms with van der Waals surface area (Å²) in [5.74, 6) is -3.53. The van der Waals surface area contributed by atoms with Gasteiger partial charge in [0.05, 0.1) is 16.1 Å². The van der Waals surface area contributed by atoms with Crippen molar-refractivity contribution in [3.05, 3.63) is 59.2 Å². The molecule has 0 saturated heterocycles. The van der Waals surface area contributed by atoms with Crippen molar-refractivity contribution in [1.29, 1.82) is 0 Å². The number of esters is 1. The predicted octanol–water partition coefficient (Wildman–Crippen LogP) is 2.32. The Balaban J connectivity index is 2.09. The SMILES string of the molecule is Cc1ccc(S(=O)(=O)N(C)C)cc1C(=O)OCC(=O)Nc1ccc(F)cc1F. The van der Waals surface area contributed by atoms with Crippen molar-refractivity contribution in [2.24, 2.45) is 0 Å². The van der Waals surface area contributed by atoms with Gasteiger partial charge >= 0.3 is 5.97 Å². The first-order valence-electron chi connectivity index (χ1n) is 7.97. The Morgan fingerprint density at radius 1 is 1.11 bits per heavy atom. The van der Waals surface area contributed by atoms with Gasteiger partial charge in [0.15, 0.2) is 6.61 Å². The Morgan fingerprint density at radius 3 is 2.39 bits per heavy atom. The molecule has 0 saturated carbocycles. The number of nitrogens with zero attached hydrogens (tertiary/aromatic N) is 1. The average molecular weight is 412 g/mol. The molecule has 0 fully saturated rings. The van der Waals surface area contributed by atoms with E-state index in [0.717, 1.165) is 22.5 Å². The molecule has 0 aliphatic carbocycles. The maximum atomic E-state index is 13.5. The lowest BCUT2D eigenvalue weighted by Crippen LogP contribution is -2.24. The number of amides is 1. The minimum absolute atomic E-state index is 0.0244. The van der Waals surface area contributed by atoms with Crippen molar-refractivity contribution in [3.63, 3.8) is 0 Å². The maximum absolute atomic E-state index is 13.5. The van der Waals surface area contributed by atoms with E-state index in [1.54, 1.807) is 6.92 Å². The molecule has 0 atom stereocenters. The molecule has 1 N–H and O–H groups in total. The Morgan fingerprint density at radius 2 is 1.79 bits per heavy atom. The van der Waals surface area contributed by atoms with E-state index < -0.39 is 40.1 Å². The van der Waals surface area contributed by atoms with Crippen molar-refractivity contribution < 1.29 is 31.5 Å². The lowest BCUT2D eigenvalue weighted by Gasteiger charge is -2.13. The molecule has 0 spiro atoms. The maximum Gasteiger partial charge on any atom is 0.338 e. The van der Waals surface area contributed by atoms with E-state index in [4.69, 9.17) is 4.74 Å². The zero-order valence-corrected chi connectivity index (χ0v) is 16.1. The highest BCUT2D eigenvalue weighted by Crippen LogP contribution is 2.19. The summed E-state index contributed by atoms with van der Waals surface area (Å²) in [5.41, 5.74) is 0.161. The van der Waals surface area contributed by atoms with Crippen LogP contribution in [0.3, 0.4) is 0 Å². The summed E-state index contributed by atoms with van der Waals surface area (Å²) in [4.78, 5) is 24.0. The topological polar surface area (TPSA) is 92.8 Å². The molecule has 0 heterocycles. The molecule has 0 unspecified atom stereocenters. The van der Waals surface area contributed by atoms with Crippen LogP contribution in [0.25, 0.3) is 0 Å². The molecule has 0 bridgehead atoms. The Hall–Kier alpha value is -2.85. The largest absolute Gasteiger partial charge is 0.452 e. The Labute approximate surface area is 161 Å². The summed E-state index contributed by atoms with van der Waals surface area (Å²) in [6, 6.07) is 6.55. The van der Waals surface area contributed by atoms with Gasteiger partial charge in [0.2, 0.25) is 10.0 Å². The van der Waals surface area contributed by atoms with Gasteiger partial charge in [0.25, 0.3) is 5.91 Å². The summed E-state index contributed by atoms with van der Waals surface area (Å²) in [5, 5.41) is 2.15. The van der Waals surface area contributed by atoms with Gasteiger partial charge in [-0.05, 0) is 36.8 Å². The predicted molar refractivity (Wildman–Crippen MR) is 97.3 cm³/mol. The number of ether oxygens (including phenoxy) is 1. The van der Waals surface area contributed by atoms with Crippen LogP contribution in [-0.4, -0.2) is 45.3 Å². The molecule has 0 aliphatic heterocycles. The summed E-state index contributed by atoms with van der Waals surface area (Å²) in [6.45, 7) is 0.844. The lowest BCUT2D eigenvalue weighted by atomic mass is 10.1. The van der Waals surface area contributed by atoms with Crippen LogP contribution >= 0.6 is 0 Å². The van der Waals surface area contributed by atoms with Crippen molar-refractivity contribution in [2.75, 3.05) is 26.0 Å². The van der Waals surface area contributed by atoms with Gasteiger partial charge in [-0.1, -0.05) is 6.07 Å². The number of anilines is 1. The number of aryl methyl sites for hydroxylation is 1. The van der Waals surface area contributed by atoms with Crippen LogP contribution in [0.5, 0.6) is 0 Å². The van der Waals surface area contributed by atoms with Crippen LogP contribution in [0.4, 0.5) is 14.5 Å². The number of nitrogens with one attached hydrogen (secondary N) is 1. The minimum atomic E-state index is -3.76. The first kappa shape index (κ1) is 21.5. The third kappa shape index (κ3) is 4.90. The molecule has 2 aromatic rings. The van der Waals surface area contributed by atoms with Gasteiger partial charge in [-0.3, -0.25) is 4.79 Å². The molecule has 2 aromatic carbocycles. The smallest absolute Gasteiger partial charge is 0.338 e. The fourth-order valence-corrected chi connectivity index (χ4v) is 3.11. The van der Waals surface area contributed by atoms with Crippen molar-refractivity contribution in [2.45, 2.75) is 11.8 Å². The van der Waals surface area contributed by atoms with E-state index in [9.17, 15) is 26.8 Å². The number of halogens is 2. The van der Waals surface area contributed by atoms with Crippen LogP contribution in [0.2, 0.25) is 0 Å². The first-order chi connectivity index (χ1) is 13.0. The number of rotatable bonds is 6. The molecule has 1 amide bonds. The fourth-order valence-electron chi connectivity index (χ4n) is 2.18. The van der Waals surface area contributed by atoms with Gasteiger partial charge in [-0.25, -0.2) is 26.3 Å². The van der Waals surface area contributed by atoms with Crippen molar-refractivity contribution in [1.82, 2.24) is 4.31 Å². The molecule has 10 heteroatoms. The second-order valence-electron chi connectivity index (χ2n) is 6.01. The van der Waals surface area contributed by atoms with E-state index in [-0.39, 0.29) is 16.1 Å². The minimum Gasteiger partial charge on any atom is -0.452 e. The van der Waals surface area contributed by atoms with Crippen LogP contribution in [-0.2, 0) is 19.6 Å². The first-order valence-corrected chi connectivity index (χ1v) is 9.41. The molecule has 0 aromatic heterocycles. The normalized spacial score (nSPS) is 11.4. The lowest BCUT2D eigenvalue weighted by molar-refractivity contribution is -0.119. The van der Waals surface area contributed by atoms with Crippen molar-refractivity contribution >= 4 is 27.6 Å². The summed E-state index contributed by atoms with van der Waals surface area (Å²) in [7, 11) is -1.05. The van der Waals surface area contributed by atoms with Crippen molar-refractivity contribution in [3.8, 4) is 0 Å². The number of carbonyl (C=O) groups is 2. The monoisotopic (exact) mass is 412 g/mol. The van der Waals surface area contributed by atoms with E-state index in [0.29, 0.717) is 11.6 Å². The number of benzene rings is 2. The second-order valence-corrected chi connectivity index (χ2v) is 8.16. The molecule has 2 rings (SSSR count). The van der Waals surface area contributed by atoms with E-state index in [2.05, 4.69) is 5.32 Å². The average Bonchev–Trinajstić information content (AvgIpc) is 2.62. The number of carbonyl (C=O) groups excluding carboxylic acids is 2.